The SMILES string of the molecule is CC(C)C(=O)C(C)C.Cc1ccccc1. The van der Waals surface area contributed by atoms with Crippen molar-refractivity contribution >= 4 is 5.78 Å². The van der Waals surface area contributed by atoms with E-state index in [9.17, 15) is 4.79 Å². The molecule has 0 saturated carbocycles. The number of rotatable bonds is 2. The fourth-order valence-electron chi connectivity index (χ4n) is 1.20. The molecule has 1 aromatic carbocycles. The van der Waals surface area contributed by atoms with Crippen LogP contribution < -0.4 is 0 Å². The number of hydrogen-bond donors (Lipinski definition) is 0. The van der Waals surface area contributed by atoms with Crippen molar-refractivity contribution in [2.24, 2.45) is 11.8 Å². The molecule has 1 nitrogen and oxygen atoms in total. The quantitative estimate of drug-likeness (QED) is 0.718. The van der Waals surface area contributed by atoms with E-state index in [4.69, 9.17) is 0 Å². The summed E-state index contributed by atoms with van der Waals surface area (Å²) in [4.78, 5) is 10.8. The van der Waals surface area contributed by atoms with E-state index in [0.29, 0.717) is 5.78 Å². The first kappa shape index (κ1) is 13.9. The lowest BCUT2D eigenvalue weighted by Gasteiger charge is -2.05. The van der Waals surface area contributed by atoms with Crippen molar-refractivity contribution in [3.05, 3.63) is 35.9 Å². The van der Waals surface area contributed by atoms with Crippen molar-refractivity contribution in [1.29, 1.82) is 0 Å². The number of carbonyl (C=O) groups is 1. The summed E-state index contributed by atoms with van der Waals surface area (Å²) in [7, 11) is 0. The van der Waals surface area contributed by atoms with Gasteiger partial charge in [0.1, 0.15) is 5.78 Å². The first-order valence-corrected chi connectivity index (χ1v) is 5.50. The summed E-state index contributed by atoms with van der Waals surface area (Å²) in [5.74, 6) is 0.759. The average Bonchev–Trinajstić information content (AvgIpc) is 2.18. The predicted molar refractivity (Wildman–Crippen MR) is 65.9 cm³/mol. The van der Waals surface area contributed by atoms with Gasteiger partial charge in [0, 0.05) is 11.8 Å². The molecule has 15 heavy (non-hydrogen) atoms. The maximum atomic E-state index is 10.8. The molecular weight excluding hydrogens is 184 g/mol. The zero-order valence-corrected chi connectivity index (χ0v) is 10.4. The Kier molecular flexibility index (Phi) is 6.68. The largest absolute Gasteiger partial charge is 0.299 e. The van der Waals surface area contributed by atoms with Crippen LogP contribution in [0.3, 0.4) is 0 Å². The first-order valence-electron chi connectivity index (χ1n) is 5.50. The van der Waals surface area contributed by atoms with Crippen molar-refractivity contribution in [2.45, 2.75) is 34.6 Å². The van der Waals surface area contributed by atoms with Crippen LogP contribution in [0.15, 0.2) is 30.3 Å². The third kappa shape index (κ3) is 6.89. The molecule has 0 amide bonds. The average molecular weight is 206 g/mol. The summed E-state index contributed by atoms with van der Waals surface area (Å²) >= 11 is 0. The second kappa shape index (κ2) is 7.22. The Morgan fingerprint density at radius 2 is 1.33 bits per heavy atom. The van der Waals surface area contributed by atoms with Gasteiger partial charge in [0.15, 0.2) is 0 Å². The van der Waals surface area contributed by atoms with Gasteiger partial charge in [0.05, 0.1) is 0 Å². The number of ketones is 1. The lowest BCUT2D eigenvalue weighted by Crippen LogP contribution is -2.13. The van der Waals surface area contributed by atoms with Gasteiger partial charge in [-0.2, -0.15) is 0 Å². The van der Waals surface area contributed by atoms with Crippen molar-refractivity contribution in [1.82, 2.24) is 0 Å². The number of carbonyl (C=O) groups excluding carboxylic acids is 1. The number of Topliss-reactive ketones (excluding diaryl/α,β-unsaturated/α-hetero) is 1. The van der Waals surface area contributed by atoms with E-state index >= 15 is 0 Å². The van der Waals surface area contributed by atoms with E-state index in [-0.39, 0.29) is 11.8 Å². The molecule has 0 saturated heterocycles. The van der Waals surface area contributed by atoms with Crippen molar-refractivity contribution in [3.63, 3.8) is 0 Å². The van der Waals surface area contributed by atoms with Gasteiger partial charge in [0.25, 0.3) is 0 Å². The summed E-state index contributed by atoms with van der Waals surface area (Å²) in [5.41, 5.74) is 1.32. The number of benzene rings is 1. The lowest BCUT2D eigenvalue weighted by atomic mass is 9.99. The molecule has 0 heterocycles. The topological polar surface area (TPSA) is 17.1 Å². The maximum Gasteiger partial charge on any atom is 0.137 e. The maximum absolute atomic E-state index is 10.8. The van der Waals surface area contributed by atoms with Crippen molar-refractivity contribution < 1.29 is 4.79 Å². The predicted octanol–water partition coefficient (Wildman–Crippen LogP) is 3.86. The minimum atomic E-state index is 0.204. The molecule has 0 aliphatic carbocycles. The van der Waals surface area contributed by atoms with E-state index in [2.05, 4.69) is 19.1 Å². The summed E-state index contributed by atoms with van der Waals surface area (Å²) in [6.45, 7) is 9.81. The Hall–Kier alpha value is -1.11. The van der Waals surface area contributed by atoms with Gasteiger partial charge in [-0.1, -0.05) is 63.6 Å². The van der Waals surface area contributed by atoms with Crippen molar-refractivity contribution in [3.8, 4) is 0 Å². The highest BCUT2D eigenvalue weighted by atomic mass is 16.1. The highest BCUT2D eigenvalue weighted by molar-refractivity contribution is 5.81. The molecule has 0 atom stereocenters. The van der Waals surface area contributed by atoms with Gasteiger partial charge in [-0.15, -0.1) is 0 Å². The molecule has 0 aliphatic heterocycles. The molecule has 0 aliphatic rings. The minimum absolute atomic E-state index is 0.204. The van der Waals surface area contributed by atoms with Crippen LogP contribution in [0, 0.1) is 18.8 Å². The molecule has 0 bridgehead atoms. The zero-order chi connectivity index (χ0) is 11.8. The normalized spacial score (nSPS) is 9.80. The molecule has 0 radical (unpaired) electrons. The molecule has 84 valence electrons. The fraction of sp³-hybridized carbons (Fsp3) is 0.500. The molecule has 1 heteroatoms. The highest BCUT2D eigenvalue weighted by Gasteiger charge is 2.09. The Morgan fingerprint density at radius 3 is 1.47 bits per heavy atom. The van der Waals surface area contributed by atoms with Crippen LogP contribution in [-0.4, -0.2) is 5.78 Å². The van der Waals surface area contributed by atoms with Gasteiger partial charge in [-0.3, -0.25) is 4.79 Å². The Labute approximate surface area is 93.5 Å². The van der Waals surface area contributed by atoms with Crippen LogP contribution >= 0.6 is 0 Å². The van der Waals surface area contributed by atoms with Crippen LogP contribution in [0.4, 0.5) is 0 Å². The van der Waals surface area contributed by atoms with Crippen LogP contribution in [0.25, 0.3) is 0 Å². The Balaban J connectivity index is 0.000000262. The standard InChI is InChI=1S/C7H14O.C7H8/c1-5(2)7(8)6(3)4;1-7-5-3-2-4-6-7/h5-6H,1-4H3;2-6H,1H3. The van der Waals surface area contributed by atoms with E-state index in [1.54, 1.807) is 0 Å². The molecule has 0 N–H and O–H groups in total. The van der Waals surface area contributed by atoms with Gasteiger partial charge in [-0.05, 0) is 6.92 Å². The molecular formula is C14H22O. The number of hydrogen-bond acceptors (Lipinski definition) is 1. The third-order valence-corrected chi connectivity index (χ3v) is 2.08. The summed E-state index contributed by atoms with van der Waals surface area (Å²) < 4.78 is 0. The number of aryl methyl sites for hydroxylation is 1. The molecule has 0 spiro atoms. The monoisotopic (exact) mass is 206 g/mol. The van der Waals surface area contributed by atoms with Crippen LogP contribution in [-0.2, 0) is 4.79 Å². The highest BCUT2D eigenvalue weighted by Crippen LogP contribution is 2.03. The van der Waals surface area contributed by atoms with Gasteiger partial charge >= 0.3 is 0 Å². The fourth-order valence-corrected chi connectivity index (χ4v) is 1.20. The molecule has 0 fully saturated rings. The van der Waals surface area contributed by atoms with Gasteiger partial charge in [-0.25, -0.2) is 0 Å². The van der Waals surface area contributed by atoms with E-state index < -0.39 is 0 Å². The summed E-state index contributed by atoms with van der Waals surface area (Å²) in [6.07, 6.45) is 0. The second-order valence-electron chi connectivity index (χ2n) is 4.37. The van der Waals surface area contributed by atoms with E-state index in [1.807, 2.05) is 45.9 Å². The second-order valence-corrected chi connectivity index (χ2v) is 4.37. The van der Waals surface area contributed by atoms with Gasteiger partial charge in [0.2, 0.25) is 0 Å². The molecule has 1 aromatic rings. The van der Waals surface area contributed by atoms with Crippen LogP contribution in [0.1, 0.15) is 33.3 Å². The first-order chi connectivity index (χ1) is 6.95. The van der Waals surface area contributed by atoms with Gasteiger partial charge < -0.3 is 0 Å². The van der Waals surface area contributed by atoms with Crippen LogP contribution in [0.2, 0.25) is 0 Å². The van der Waals surface area contributed by atoms with Crippen LogP contribution in [0.5, 0.6) is 0 Å². The molecule has 0 aromatic heterocycles. The molecule has 1 rings (SSSR count). The summed E-state index contributed by atoms with van der Waals surface area (Å²) in [6, 6.07) is 10.3. The zero-order valence-electron chi connectivity index (χ0n) is 10.4. The summed E-state index contributed by atoms with van der Waals surface area (Å²) in [5, 5.41) is 0. The molecule has 0 unspecified atom stereocenters. The minimum Gasteiger partial charge on any atom is -0.299 e. The lowest BCUT2D eigenvalue weighted by molar-refractivity contribution is -0.124. The van der Waals surface area contributed by atoms with Crippen molar-refractivity contribution in [2.75, 3.05) is 0 Å². The van der Waals surface area contributed by atoms with E-state index in [0.717, 1.165) is 0 Å². The van der Waals surface area contributed by atoms with E-state index in [1.165, 1.54) is 5.56 Å². The Bertz CT molecular complexity index is 263. The third-order valence-electron chi connectivity index (χ3n) is 2.08. The smallest absolute Gasteiger partial charge is 0.137 e. The Morgan fingerprint density at radius 1 is 0.933 bits per heavy atom.